The van der Waals surface area contributed by atoms with Crippen molar-refractivity contribution in [3.8, 4) is 34.5 Å². The number of hydrogen-bond donors (Lipinski definition) is 2. The number of benzene rings is 2. The fraction of sp³-hybridized carbons (Fsp3) is 0.250. The first-order valence-corrected chi connectivity index (χ1v) is 6.99. The summed E-state index contributed by atoms with van der Waals surface area (Å²) in [5.41, 5.74) is 1.73. The summed E-state index contributed by atoms with van der Waals surface area (Å²) in [7, 11) is 0. The first-order valence-electron chi connectivity index (χ1n) is 6.99. The normalized spacial score (nSPS) is 23.1. The molecule has 0 spiro atoms. The Morgan fingerprint density at radius 2 is 1.55 bits per heavy atom. The second-order valence-corrected chi connectivity index (χ2v) is 5.58. The molecule has 0 aromatic heterocycles. The minimum Gasteiger partial charge on any atom is -0.504 e. The molecular weight excluding hydrogens is 288 g/mol. The van der Waals surface area contributed by atoms with Gasteiger partial charge in [-0.05, 0) is 12.1 Å². The van der Waals surface area contributed by atoms with Crippen molar-refractivity contribution >= 4 is 0 Å². The molecule has 2 aromatic carbocycles. The van der Waals surface area contributed by atoms with Crippen molar-refractivity contribution < 1.29 is 29.2 Å². The van der Waals surface area contributed by atoms with E-state index in [-0.39, 0.29) is 30.3 Å². The molecule has 2 atom stereocenters. The van der Waals surface area contributed by atoms with Gasteiger partial charge in [0.2, 0.25) is 6.79 Å². The van der Waals surface area contributed by atoms with Crippen molar-refractivity contribution in [1.82, 2.24) is 0 Å². The number of rotatable bonds is 0. The zero-order chi connectivity index (χ0) is 14.8. The van der Waals surface area contributed by atoms with Crippen LogP contribution in [-0.4, -0.2) is 23.6 Å². The maximum atomic E-state index is 9.75. The van der Waals surface area contributed by atoms with Gasteiger partial charge in [-0.1, -0.05) is 0 Å². The van der Waals surface area contributed by atoms with Crippen LogP contribution in [0.15, 0.2) is 24.3 Å². The largest absolute Gasteiger partial charge is 0.504 e. The van der Waals surface area contributed by atoms with Gasteiger partial charge in [-0.15, -0.1) is 0 Å². The molecular formula is C16H12O6. The average molecular weight is 300 g/mol. The summed E-state index contributed by atoms with van der Waals surface area (Å²) in [6.07, 6.45) is -0.257. The lowest BCUT2D eigenvalue weighted by Gasteiger charge is -2.28. The van der Waals surface area contributed by atoms with E-state index in [1.54, 1.807) is 0 Å². The molecule has 6 nitrogen and oxygen atoms in total. The zero-order valence-corrected chi connectivity index (χ0v) is 11.4. The van der Waals surface area contributed by atoms with Crippen LogP contribution in [0, 0.1) is 0 Å². The van der Waals surface area contributed by atoms with Crippen molar-refractivity contribution in [2.75, 3.05) is 13.4 Å². The second-order valence-electron chi connectivity index (χ2n) is 5.58. The van der Waals surface area contributed by atoms with Gasteiger partial charge in [0.15, 0.2) is 23.0 Å². The molecule has 2 aromatic rings. The zero-order valence-electron chi connectivity index (χ0n) is 11.4. The van der Waals surface area contributed by atoms with E-state index in [1.807, 2.05) is 12.1 Å². The second kappa shape index (κ2) is 3.91. The summed E-state index contributed by atoms with van der Waals surface area (Å²) in [6, 6.07) is 6.67. The van der Waals surface area contributed by atoms with Crippen molar-refractivity contribution in [2.45, 2.75) is 12.0 Å². The minimum absolute atomic E-state index is 0.0148. The molecule has 0 saturated heterocycles. The Kier molecular flexibility index (Phi) is 2.11. The van der Waals surface area contributed by atoms with Crippen LogP contribution in [0.25, 0.3) is 0 Å². The van der Waals surface area contributed by atoms with Gasteiger partial charge in [0.05, 0.1) is 12.5 Å². The fourth-order valence-electron chi connectivity index (χ4n) is 3.27. The number of fused-ring (bicyclic) bond motifs is 6. The summed E-state index contributed by atoms with van der Waals surface area (Å²) in [5.74, 6) is 2.29. The maximum Gasteiger partial charge on any atom is 0.231 e. The Balaban J connectivity index is 1.62. The van der Waals surface area contributed by atoms with Crippen molar-refractivity contribution in [1.29, 1.82) is 0 Å². The molecule has 112 valence electrons. The number of ether oxygens (including phenoxy) is 4. The molecule has 2 N–H and O–H groups in total. The predicted molar refractivity (Wildman–Crippen MR) is 73.9 cm³/mol. The van der Waals surface area contributed by atoms with E-state index >= 15 is 0 Å². The van der Waals surface area contributed by atoms with Gasteiger partial charge in [0.1, 0.15) is 17.6 Å². The average Bonchev–Trinajstić information content (AvgIpc) is 3.09. The first kappa shape index (κ1) is 11.9. The molecule has 5 rings (SSSR count). The van der Waals surface area contributed by atoms with Crippen LogP contribution in [0.1, 0.15) is 23.1 Å². The van der Waals surface area contributed by atoms with Crippen molar-refractivity contribution in [3.05, 3.63) is 35.4 Å². The van der Waals surface area contributed by atoms with Crippen LogP contribution in [-0.2, 0) is 0 Å². The van der Waals surface area contributed by atoms with E-state index in [0.717, 1.165) is 16.9 Å². The van der Waals surface area contributed by atoms with Crippen LogP contribution in [0.2, 0.25) is 0 Å². The maximum absolute atomic E-state index is 9.75. The molecule has 0 aliphatic carbocycles. The number of phenolic OH excluding ortho intramolecular Hbond substituents is 2. The van der Waals surface area contributed by atoms with E-state index in [1.165, 1.54) is 12.1 Å². The molecule has 0 bridgehead atoms. The fourth-order valence-corrected chi connectivity index (χ4v) is 3.27. The Labute approximate surface area is 125 Å². The van der Waals surface area contributed by atoms with Crippen LogP contribution in [0.3, 0.4) is 0 Å². The Hall–Kier alpha value is -2.76. The standard InChI is InChI=1S/C16H12O6/c17-10-1-8-12(3-11(10)18)19-5-9-7-2-14-15(21-6-20-14)4-13(7)22-16(8)9/h1-4,9,16-18H,5-6H2/t9-,16-/m1/s1. The smallest absolute Gasteiger partial charge is 0.231 e. The van der Waals surface area contributed by atoms with Crippen molar-refractivity contribution in [2.24, 2.45) is 0 Å². The molecule has 0 amide bonds. The van der Waals surface area contributed by atoms with E-state index in [2.05, 4.69) is 0 Å². The molecule has 0 radical (unpaired) electrons. The molecule has 22 heavy (non-hydrogen) atoms. The number of phenols is 2. The Morgan fingerprint density at radius 3 is 2.41 bits per heavy atom. The van der Waals surface area contributed by atoms with Gasteiger partial charge in [-0.3, -0.25) is 0 Å². The quantitative estimate of drug-likeness (QED) is 0.728. The lowest BCUT2D eigenvalue weighted by atomic mass is 9.89. The lowest BCUT2D eigenvalue weighted by Crippen LogP contribution is -2.23. The Bertz CT molecular complexity index is 800. The Morgan fingerprint density at radius 1 is 0.773 bits per heavy atom. The predicted octanol–water partition coefficient (Wildman–Crippen LogP) is 2.44. The van der Waals surface area contributed by atoms with Gasteiger partial charge in [-0.25, -0.2) is 0 Å². The summed E-state index contributed by atoms with van der Waals surface area (Å²) in [6.45, 7) is 0.660. The molecule has 3 heterocycles. The summed E-state index contributed by atoms with van der Waals surface area (Å²) in [4.78, 5) is 0. The van der Waals surface area contributed by atoms with Gasteiger partial charge in [-0.2, -0.15) is 0 Å². The highest BCUT2D eigenvalue weighted by Crippen LogP contribution is 2.55. The highest BCUT2D eigenvalue weighted by Gasteiger charge is 2.42. The van der Waals surface area contributed by atoms with E-state index in [4.69, 9.17) is 18.9 Å². The third kappa shape index (κ3) is 1.44. The van der Waals surface area contributed by atoms with Crippen LogP contribution < -0.4 is 18.9 Å². The number of aromatic hydroxyl groups is 2. The van der Waals surface area contributed by atoms with Gasteiger partial charge in [0.25, 0.3) is 0 Å². The van der Waals surface area contributed by atoms with Gasteiger partial charge >= 0.3 is 0 Å². The SMILES string of the molecule is Oc1cc2c(cc1O)[C@H]1Oc3cc4c(cc3[C@H]1CO2)OCO4. The van der Waals surface area contributed by atoms with E-state index in [0.29, 0.717) is 23.9 Å². The molecule has 3 aliphatic rings. The molecule has 0 unspecified atom stereocenters. The highest BCUT2D eigenvalue weighted by molar-refractivity contribution is 5.59. The molecule has 0 fully saturated rings. The van der Waals surface area contributed by atoms with Crippen LogP contribution in [0.4, 0.5) is 0 Å². The van der Waals surface area contributed by atoms with Crippen LogP contribution in [0.5, 0.6) is 34.5 Å². The third-order valence-electron chi connectivity index (χ3n) is 4.36. The molecule has 3 aliphatic heterocycles. The number of hydrogen-bond acceptors (Lipinski definition) is 6. The summed E-state index contributed by atoms with van der Waals surface area (Å²) in [5, 5.41) is 19.3. The van der Waals surface area contributed by atoms with Gasteiger partial charge < -0.3 is 29.2 Å². The topological polar surface area (TPSA) is 77.4 Å². The van der Waals surface area contributed by atoms with Crippen LogP contribution >= 0.6 is 0 Å². The first-order chi connectivity index (χ1) is 10.7. The summed E-state index contributed by atoms with van der Waals surface area (Å²) >= 11 is 0. The lowest BCUT2D eigenvalue weighted by molar-refractivity contribution is 0.137. The highest BCUT2D eigenvalue weighted by atomic mass is 16.7. The van der Waals surface area contributed by atoms with E-state index < -0.39 is 0 Å². The van der Waals surface area contributed by atoms with Crippen molar-refractivity contribution in [3.63, 3.8) is 0 Å². The summed E-state index contributed by atoms with van der Waals surface area (Å²) < 4.78 is 22.6. The van der Waals surface area contributed by atoms with Gasteiger partial charge in [0, 0.05) is 23.3 Å². The molecule has 0 saturated carbocycles. The van der Waals surface area contributed by atoms with E-state index in [9.17, 15) is 10.2 Å². The molecule has 6 heteroatoms. The minimum atomic E-state index is -0.257. The third-order valence-corrected chi connectivity index (χ3v) is 4.36. The monoisotopic (exact) mass is 300 g/mol.